The van der Waals surface area contributed by atoms with Gasteiger partial charge in [-0.2, -0.15) is 5.10 Å². The molecule has 2 amide bonds. The van der Waals surface area contributed by atoms with Crippen molar-refractivity contribution in [3.8, 4) is 0 Å². The molecule has 3 atom stereocenters. The second kappa shape index (κ2) is 4.87. The standard InChI is InChI=1S/C14H22N4O/c1-10-9-11-5-3-4-6-12(11)18(10)14(19)16-13-7-8-15-17(13)2/h7-8,10-12H,3-6,9H2,1-2H3,(H,16,19)/t10-,11-,12-/m1/s1. The first-order valence-electron chi connectivity index (χ1n) is 7.24. The lowest BCUT2D eigenvalue weighted by Gasteiger charge is -2.33. The zero-order valence-corrected chi connectivity index (χ0v) is 11.7. The predicted molar refractivity (Wildman–Crippen MR) is 73.9 cm³/mol. The summed E-state index contributed by atoms with van der Waals surface area (Å²) in [5, 5.41) is 7.06. The van der Waals surface area contributed by atoms with Crippen LogP contribution < -0.4 is 5.32 Å². The van der Waals surface area contributed by atoms with E-state index in [-0.39, 0.29) is 6.03 Å². The normalized spacial score (nSPS) is 30.2. The Morgan fingerprint density at radius 1 is 1.42 bits per heavy atom. The number of nitrogens with one attached hydrogen (secondary N) is 1. The Labute approximate surface area is 114 Å². The third-order valence-electron chi connectivity index (χ3n) is 4.64. The van der Waals surface area contributed by atoms with E-state index in [2.05, 4.69) is 22.2 Å². The number of fused-ring (bicyclic) bond motifs is 1. The van der Waals surface area contributed by atoms with Gasteiger partial charge in [-0.15, -0.1) is 0 Å². The zero-order valence-electron chi connectivity index (χ0n) is 11.7. The highest BCUT2D eigenvalue weighted by Crippen LogP contribution is 2.39. The monoisotopic (exact) mass is 262 g/mol. The van der Waals surface area contributed by atoms with E-state index in [4.69, 9.17) is 0 Å². The Hall–Kier alpha value is -1.52. The fourth-order valence-electron chi connectivity index (χ4n) is 3.73. The average Bonchev–Trinajstić information content (AvgIpc) is 2.92. The van der Waals surface area contributed by atoms with Crippen LogP contribution in [0.5, 0.6) is 0 Å². The molecular formula is C14H22N4O. The van der Waals surface area contributed by atoms with Crippen LogP contribution in [0.25, 0.3) is 0 Å². The molecule has 2 aliphatic rings. The van der Waals surface area contributed by atoms with E-state index >= 15 is 0 Å². The molecule has 1 aliphatic carbocycles. The second-order valence-corrected chi connectivity index (χ2v) is 5.87. The molecule has 3 rings (SSSR count). The molecule has 1 aromatic rings. The number of nitrogens with zero attached hydrogens (tertiary/aromatic N) is 3. The molecule has 0 radical (unpaired) electrons. The fraction of sp³-hybridized carbons (Fsp3) is 0.714. The van der Waals surface area contributed by atoms with Crippen LogP contribution in [0.1, 0.15) is 39.0 Å². The maximum atomic E-state index is 12.5. The zero-order chi connectivity index (χ0) is 13.4. The quantitative estimate of drug-likeness (QED) is 0.845. The van der Waals surface area contributed by atoms with Crippen molar-refractivity contribution >= 4 is 11.8 Å². The Morgan fingerprint density at radius 2 is 2.21 bits per heavy atom. The summed E-state index contributed by atoms with van der Waals surface area (Å²) in [5.41, 5.74) is 0. The summed E-state index contributed by atoms with van der Waals surface area (Å²) in [4.78, 5) is 14.6. The summed E-state index contributed by atoms with van der Waals surface area (Å²) in [6.45, 7) is 2.17. The van der Waals surface area contributed by atoms with Gasteiger partial charge in [-0.25, -0.2) is 4.79 Å². The first-order valence-corrected chi connectivity index (χ1v) is 7.24. The largest absolute Gasteiger partial charge is 0.323 e. The Kier molecular flexibility index (Phi) is 3.21. The van der Waals surface area contributed by atoms with Gasteiger partial charge in [0.2, 0.25) is 0 Å². The fourth-order valence-corrected chi connectivity index (χ4v) is 3.73. The van der Waals surface area contributed by atoms with Gasteiger partial charge in [-0.05, 0) is 32.1 Å². The van der Waals surface area contributed by atoms with Gasteiger partial charge < -0.3 is 4.90 Å². The average molecular weight is 262 g/mol. The summed E-state index contributed by atoms with van der Waals surface area (Å²) in [6, 6.07) is 2.65. The first kappa shape index (κ1) is 12.5. The minimum absolute atomic E-state index is 0.0329. The predicted octanol–water partition coefficient (Wildman–Crippen LogP) is 2.61. The molecule has 2 fully saturated rings. The lowest BCUT2D eigenvalue weighted by atomic mass is 9.85. The number of hydrogen-bond acceptors (Lipinski definition) is 2. The van der Waals surface area contributed by atoms with Gasteiger partial charge in [0, 0.05) is 25.2 Å². The van der Waals surface area contributed by atoms with Crippen LogP contribution in [0.15, 0.2) is 12.3 Å². The number of aryl methyl sites for hydroxylation is 1. The highest BCUT2D eigenvalue weighted by atomic mass is 16.2. The molecule has 0 aromatic carbocycles. The van der Waals surface area contributed by atoms with Crippen molar-refractivity contribution in [3.05, 3.63) is 12.3 Å². The van der Waals surface area contributed by atoms with Crippen molar-refractivity contribution < 1.29 is 4.79 Å². The van der Waals surface area contributed by atoms with Crippen LogP contribution in [0.3, 0.4) is 0 Å². The molecule has 1 N–H and O–H groups in total. The lowest BCUT2D eigenvalue weighted by molar-refractivity contribution is 0.167. The number of hydrogen-bond donors (Lipinski definition) is 1. The number of rotatable bonds is 1. The highest BCUT2D eigenvalue weighted by molar-refractivity contribution is 5.89. The van der Waals surface area contributed by atoms with Crippen LogP contribution >= 0.6 is 0 Å². The number of aromatic nitrogens is 2. The van der Waals surface area contributed by atoms with E-state index in [0.717, 1.165) is 18.7 Å². The summed E-state index contributed by atoms with van der Waals surface area (Å²) < 4.78 is 1.69. The maximum Gasteiger partial charge on any atom is 0.323 e. The molecule has 2 heterocycles. The smallest absolute Gasteiger partial charge is 0.319 e. The first-order chi connectivity index (χ1) is 9.16. The van der Waals surface area contributed by atoms with E-state index in [0.29, 0.717) is 18.0 Å². The van der Waals surface area contributed by atoms with Crippen molar-refractivity contribution in [1.29, 1.82) is 0 Å². The van der Waals surface area contributed by atoms with Crippen LogP contribution in [0, 0.1) is 5.92 Å². The van der Waals surface area contributed by atoms with Gasteiger partial charge in [0.25, 0.3) is 0 Å². The van der Waals surface area contributed by atoms with Crippen molar-refractivity contribution in [2.75, 3.05) is 5.32 Å². The van der Waals surface area contributed by atoms with Crippen molar-refractivity contribution in [3.63, 3.8) is 0 Å². The van der Waals surface area contributed by atoms with Crippen molar-refractivity contribution in [1.82, 2.24) is 14.7 Å². The van der Waals surface area contributed by atoms with Crippen molar-refractivity contribution in [2.45, 2.75) is 51.1 Å². The van der Waals surface area contributed by atoms with Gasteiger partial charge >= 0.3 is 6.03 Å². The van der Waals surface area contributed by atoms with Crippen LogP contribution in [0.2, 0.25) is 0 Å². The third kappa shape index (κ3) is 2.22. The number of carbonyl (C=O) groups excluding carboxylic acids is 1. The van der Waals surface area contributed by atoms with Crippen LogP contribution in [-0.4, -0.2) is 32.8 Å². The number of likely N-dealkylation sites (tertiary alicyclic amines) is 1. The molecule has 104 valence electrons. The maximum absolute atomic E-state index is 12.5. The van der Waals surface area contributed by atoms with E-state index < -0.39 is 0 Å². The van der Waals surface area contributed by atoms with Gasteiger partial charge in [0.1, 0.15) is 5.82 Å². The highest BCUT2D eigenvalue weighted by Gasteiger charge is 2.42. The van der Waals surface area contributed by atoms with Gasteiger partial charge in [0.05, 0.1) is 6.20 Å². The minimum atomic E-state index is 0.0329. The number of carbonyl (C=O) groups is 1. The number of amides is 2. The number of urea groups is 1. The van der Waals surface area contributed by atoms with Gasteiger partial charge in [0.15, 0.2) is 0 Å². The Bertz CT molecular complexity index is 470. The molecule has 1 saturated heterocycles. The molecule has 1 aromatic heterocycles. The third-order valence-corrected chi connectivity index (χ3v) is 4.64. The lowest BCUT2D eigenvalue weighted by Crippen LogP contribution is -2.44. The Morgan fingerprint density at radius 3 is 2.95 bits per heavy atom. The molecule has 0 unspecified atom stereocenters. The summed E-state index contributed by atoms with van der Waals surface area (Å²) in [6.07, 6.45) is 7.88. The molecule has 5 nitrogen and oxygen atoms in total. The van der Waals surface area contributed by atoms with E-state index in [9.17, 15) is 4.79 Å². The second-order valence-electron chi connectivity index (χ2n) is 5.87. The SMILES string of the molecule is C[C@@H]1C[C@H]2CCCC[C@H]2N1C(=O)Nc1ccnn1C. The van der Waals surface area contributed by atoms with Crippen molar-refractivity contribution in [2.24, 2.45) is 13.0 Å². The summed E-state index contributed by atoms with van der Waals surface area (Å²) in [7, 11) is 1.84. The Balaban J connectivity index is 1.73. The van der Waals surface area contributed by atoms with E-state index in [1.807, 2.05) is 13.1 Å². The van der Waals surface area contributed by atoms with Crippen LogP contribution in [0.4, 0.5) is 10.6 Å². The van der Waals surface area contributed by atoms with E-state index in [1.54, 1.807) is 10.9 Å². The summed E-state index contributed by atoms with van der Waals surface area (Å²) in [5.74, 6) is 1.47. The molecule has 19 heavy (non-hydrogen) atoms. The molecule has 1 saturated carbocycles. The number of anilines is 1. The molecule has 0 spiro atoms. The van der Waals surface area contributed by atoms with E-state index in [1.165, 1.54) is 19.3 Å². The van der Waals surface area contributed by atoms with Gasteiger partial charge in [-0.3, -0.25) is 10.00 Å². The molecule has 0 bridgehead atoms. The minimum Gasteiger partial charge on any atom is -0.319 e. The summed E-state index contributed by atoms with van der Waals surface area (Å²) >= 11 is 0. The molecular weight excluding hydrogens is 240 g/mol. The molecule has 5 heteroatoms. The van der Waals surface area contributed by atoms with Gasteiger partial charge in [-0.1, -0.05) is 12.8 Å². The topological polar surface area (TPSA) is 50.2 Å². The van der Waals surface area contributed by atoms with Crippen LogP contribution in [-0.2, 0) is 7.05 Å². The molecule has 1 aliphatic heterocycles.